The van der Waals surface area contributed by atoms with E-state index in [1.807, 2.05) is 12.1 Å². The van der Waals surface area contributed by atoms with E-state index in [0.717, 1.165) is 0 Å². The van der Waals surface area contributed by atoms with Gasteiger partial charge in [-0.3, -0.25) is 4.79 Å². The van der Waals surface area contributed by atoms with E-state index >= 15 is 0 Å². The Hall–Kier alpha value is -2.08. The second-order valence-electron chi connectivity index (χ2n) is 4.26. The van der Waals surface area contributed by atoms with Gasteiger partial charge in [0.1, 0.15) is 12.9 Å². The molecule has 1 saturated heterocycles. The standard InChI is InChI=1S/C14H18N2O4/c1-18-12-5-3-4-11(10-12)13(15-19-2)14(17)16-6-8-20-9-7-16/h3-5,10H,6-9H2,1-2H3/b15-13-. The first kappa shape index (κ1) is 14.3. The highest BCUT2D eigenvalue weighted by Crippen LogP contribution is 2.15. The maximum atomic E-state index is 12.5. The Morgan fingerprint density at radius 2 is 2.05 bits per heavy atom. The van der Waals surface area contributed by atoms with Gasteiger partial charge in [-0.1, -0.05) is 17.3 Å². The molecule has 0 aromatic heterocycles. The summed E-state index contributed by atoms with van der Waals surface area (Å²) in [5.41, 5.74) is 0.941. The van der Waals surface area contributed by atoms with Crippen molar-refractivity contribution in [2.45, 2.75) is 0 Å². The molecule has 0 saturated carbocycles. The number of morpholine rings is 1. The fourth-order valence-corrected chi connectivity index (χ4v) is 1.99. The zero-order valence-corrected chi connectivity index (χ0v) is 11.7. The smallest absolute Gasteiger partial charge is 0.276 e. The van der Waals surface area contributed by atoms with Crippen LogP contribution in [0.15, 0.2) is 29.4 Å². The van der Waals surface area contributed by atoms with E-state index in [2.05, 4.69) is 5.16 Å². The van der Waals surface area contributed by atoms with Crippen molar-refractivity contribution < 1.29 is 19.1 Å². The van der Waals surface area contributed by atoms with Gasteiger partial charge in [0, 0.05) is 18.7 Å². The molecule has 0 N–H and O–H groups in total. The second-order valence-corrected chi connectivity index (χ2v) is 4.26. The van der Waals surface area contributed by atoms with Crippen LogP contribution in [0.2, 0.25) is 0 Å². The number of benzene rings is 1. The van der Waals surface area contributed by atoms with Gasteiger partial charge in [0.15, 0.2) is 5.71 Å². The van der Waals surface area contributed by atoms with E-state index in [4.69, 9.17) is 14.3 Å². The van der Waals surface area contributed by atoms with Crippen LogP contribution >= 0.6 is 0 Å². The van der Waals surface area contributed by atoms with E-state index in [9.17, 15) is 4.79 Å². The summed E-state index contributed by atoms with van der Waals surface area (Å²) in [4.78, 5) is 19.0. The number of carbonyl (C=O) groups excluding carboxylic acids is 1. The summed E-state index contributed by atoms with van der Waals surface area (Å²) in [6.45, 7) is 2.21. The monoisotopic (exact) mass is 278 g/mol. The summed E-state index contributed by atoms with van der Waals surface area (Å²) >= 11 is 0. The van der Waals surface area contributed by atoms with Gasteiger partial charge in [-0.15, -0.1) is 0 Å². The van der Waals surface area contributed by atoms with Crippen LogP contribution in [0.4, 0.5) is 0 Å². The molecule has 1 aliphatic heterocycles. The predicted molar refractivity (Wildman–Crippen MR) is 73.9 cm³/mol. The summed E-state index contributed by atoms with van der Waals surface area (Å²) in [7, 11) is 3.00. The fourth-order valence-electron chi connectivity index (χ4n) is 1.99. The van der Waals surface area contributed by atoms with Crippen LogP contribution in [0.3, 0.4) is 0 Å². The lowest BCUT2D eigenvalue weighted by atomic mass is 10.1. The van der Waals surface area contributed by atoms with Gasteiger partial charge in [-0.05, 0) is 12.1 Å². The van der Waals surface area contributed by atoms with Gasteiger partial charge in [0.05, 0.1) is 20.3 Å². The zero-order chi connectivity index (χ0) is 14.4. The molecule has 6 nitrogen and oxygen atoms in total. The molecular formula is C14H18N2O4. The number of hydrogen-bond acceptors (Lipinski definition) is 5. The highest BCUT2D eigenvalue weighted by Gasteiger charge is 2.24. The summed E-state index contributed by atoms with van der Waals surface area (Å²) in [5.74, 6) is 0.504. The number of methoxy groups -OCH3 is 1. The summed E-state index contributed by atoms with van der Waals surface area (Å²) in [6, 6.07) is 7.19. The Morgan fingerprint density at radius 3 is 2.70 bits per heavy atom. The van der Waals surface area contributed by atoms with E-state index in [1.165, 1.54) is 7.11 Å². The van der Waals surface area contributed by atoms with E-state index in [0.29, 0.717) is 37.6 Å². The molecule has 1 aliphatic rings. The van der Waals surface area contributed by atoms with Gasteiger partial charge >= 0.3 is 0 Å². The molecule has 20 heavy (non-hydrogen) atoms. The number of oxime groups is 1. The molecule has 0 spiro atoms. The number of nitrogens with zero attached hydrogens (tertiary/aromatic N) is 2. The Labute approximate surface area is 117 Å². The van der Waals surface area contributed by atoms with Crippen molar-refractivity contribution >= 4 is 11.6 Å². The van der Waals surface area contributed by atoms with E-state index in [1.54, 1.807) is 24.1 Å². The lowest BCUT2D eigenvalue weighted by Gasteiger charge is -2.27. The first-order valence-corrected chi connectivity index (χ1v) is 6.39. The molecule has 0 aliphatic carbocycles. The van der Waals surface area contributed by atoms with Crippen LogP contribution in [-0.2, 0) is 14.4 Å². The van der Waals surface area contributed by atoms with Gasteiger partial charge in [-0.2, -0.15) is 0 Å². The molecule has 0 radical (unpaired) electrons. The number of amides is 1. The minimum Gasteiger partial charge on any atom is -0.497 e. The van der Waals surface area contributed by atoms with Gasteiger partial charge in [0.2, 0.25) is 0 Å². The molecular weight excluding hydrogens is 260 g/mol. The minimum absolute atomic E-state index is 0.164. The van der Waals surface area contributed by atoms with Crippen molar-refractivity contribution in [3.63, 3.8) is 0 Å². The molecule has 0 atom stereocenters. The maximum absolute atomic E-state index is 12.5. The molecule has 1 fully saturated rings. The lowest BCUT2D eigenvalue weighted by Crippen LogP contribution is -2.44. The van der Waals surface area contributed by atoms with Crippen molar-refractivity contribution in [1.29, 1.82) is 0 Å². The van der Waals surface area contributed by atoms with Crippen LogP contribution in [0.1, 0.15) is 5.56 Å². The zero-order valence-electron chi connectivity index (χ0n) is 11.7. The maximum Gasteiger partial charge on any atom is 0.276 e. The third kappa shape index (κ3) is 3.27. The SMILES string of the molecule is CO/N=C(\C(=O)N1CCOCC1)c1cccc(OC)c1. The fraction of sp³-hybridized carbons (Fsp3) is 0.429. The number of ether oxygens (including phenoxy) is 2. The number of rotatable bonds is 4. The Kier molecular flexibility index (Phi) is 4.95. The molecule has 1 aromatic carbocycles. The Morgan fingerprint density at radius 1 is 1.30 bits per heavy atom. The Balaban J connectivity index is 2.25. The van der Waals surface area contributed by atoms with E-state index in [-0.39, 0.29) is 11.6 Å². The highest BCUT2D eigenvalue weighted by atomic mass is 16.6. The van der Waals surface area contributed by atoms with Crippen molar-refractivity contribution in [3.8, 4) is 5.75 Å². The summed E-state index contributed by atoms with van der Waals surface area (Å²) < 4.78 is 10.4. The molecule has 108 valence electrons. The lowest BCUT2D eigenvalue weighted by molar-refractivity contribution is -0.128. The van der Waals surface area contributed by atoms with Crippen molar-refractivity contribution in [3.05, 3.63) is 29.8 Å². The third-order valence-corrected chi connectivity index (χ3v) is 3.03. The van der Waals surface area contributed by atoms with Crippen molar-refractivity contribution in [2.75, 3.05) is 40.5 Å². The second kappa shape index (κ2) is 6.91. The van der Waals surface area contributed by atoms with Gasteiger partial charge < -0.3 is 19.2 Å². The van der Waals surface area contributed by atoms with Crippen LogP contribution in [0.5, 0.6) is 5.75 Å². The first-order chi connectivity index (χ1) is 9.76. The normalized spacial score (nSPS) is 15.9. The third-order valence-electron chi connectivity index (χ3n) is 3.03. The first-order valence-electron chi connectivity index (χ1n) is 6.39. The topological polar surface area (TPSA) is 60.4 Å². The predicted octanol–water partition coefficient (Wildman–Crippen LogP) is 0.904. The number of carbonyl (C=O) groups is 1. The van der Waals surface area contributed by atoms with Gasteiger partial charge in [-0.25, -0.2) is 0 Å². The van der Waals surface area contributed by atoms with Crippen LogP contribution in [0, 0.1) is 0 Å². The van der Waals surface area contributed by atoms with Crippen LogP contribution in [0.25, 0.3) is 0 Å². The summed E-state index contributed by atoms with van der Waals surface area (Å²) in [5, 5.41) is 3.87. The Bertz CT molecular complexity index is 496. The average molecular weight is 278 g/mol. The molecule has 1 aromatic rings. The van der Waals surface area contributed by atoms with Crippen LogP contribution in [-0.4, -0.2) is 57.0 Å². The molecule has 1 amide bonds. The number of hydrogen-bond donors (Lipinski definition) is 0. The molecule has 6 heteroatoms. The average Bonchev–Trinajstić information content (AvgIpc) is 2.53. The quantitative estimate of drug-likeness (QED) is 0.606. The summed E-state index contributed by atoms with van der Waals surface area (Å²) in [6.07, 6.45) is 0. The molecule has 0 unspecified atom stereocenters. The van der Waals surface area contributed by atoms with E-state index < -0.39 is 0 Å². The van der Waals surface area contributed by atoms with Crippen molar-refractivity contribution in [1.82, 2.24) is 4.90 Å². The van der Waals surface area contributed by atoms with Gasteiger partial charge in [0.25, 0.3) is 5.91 Å². The van der Waals surface area contributed by atoms with Crippen molar-refractivity contribution in [2.24, 2.45) is 5.16 Å². The molecule has 2 rings (SSSR count). The highest BCUT2D eigenvalue weighted by molar-refractivity contribution is 6.45. The minimum atomic E-state index is -0.164. The molecule has 1 heterocycles. The molecule has 0 bridgehead atoms. The van der Waals surface area contributed by atoms with Crippen LogP contribution < -0.4 is 4.74 Å². The largest absolute Gasteiger partial charge is 0.497 e.